The lowest BCUT2D eigenvalue weighted by molar-refractivity contribution is -0.0436. The molecule has 0 bridgehead atoms. The summed E-state index contributed by atoms with van der Waals surface area (Å²) < 4.78 is 63.8. The lowest BCUT2D eigenvalue weighted by Crippen LogP contribution is -2.26. The summed E-state index contributed by atoms with van der Waals surface area (Å²) in [5, 5.41) is 15.9. The first-order valence-corrected chi connectivity index (χ1v) is 12.4. The Morgan fingerprint density at radius 1 is 1.03 bits per heavy atom. The number of pyridine rings is 1. The number of urea groups is 1. The maximum atomic E-state index is 13.2. The average molecular weight is 548 g/mol. The van der Waals surface area contributed by atoms with Gasteiger partial charge in [-0.25, -0.2) is 22.6 Å². The molecule has 0 aliphatic rings. The van der Waals surface area contributed by atoms with E-state index in [0.29, 0.717) is 29.1 Å². The molecule has 0 saturated carbocycles. The summed E-state index contributed by atoms with van der Waals surface area (Å²) in [7, 11) is -5.57. The third kappa shape index (κ3) is 5.11. The number of hydrogen-bond donors (Lipinski definition) is 3. The molecule has 0 aliphatic carbocycles. The maximum absolute atomic E-state index is 13.2. The molecule has 0 spiro atoms. The number of imidazole rings is 1. The van der Waals surface area contributed by atoms with E-state index in [-0.39, 0.29) is 17.9 Å². The van der Waals surface area contributed by atoms with Crippen molar-refractivity contribution in [3.05, 3.63) is 94.8 Å². The minimum atomic E-state index is -5.57. The second-order valence-corrected chi connectivity index (χ2v) is 9.98. The fraction of sp³-hybridized carbons (Fsp3) is 0.125. The smallest absolute Gasteiger partial charge is 0.493 e. The molecule has 0 unspecified atom stereocenters. The van der Waals surface area contributed by atoms with Gasteiger partial charge < -0.3 is 15.7 Å². The van der Waals surface area contributed by atoms with Crippen molar-refractivity contribution in [2.75, 3.05) is 10.6 Å². The van der Waals surface area contributed by atoms with Crippen LogP contribution in [0.25, 0.3) is 5.69 Å². The number of amides is 2. The van der Waals surface area contributed by atoms with Crippen LogP contribution in [0.2, 0.25) is 0 Å². The van der Waals surface area contributed by atoms with Gasteiger partial charge >= 0.3 is 17.2 Å². The van der Waals surface area contributed by atoms with Crippen LogP contribution in [0.15, 0.2) is 82.7 Å². The number of rotatable bonds is 6. The highest BCUT2D eigenvalue weighted by Gasteiger charge is 2.46. The molecule has 2 heterocycles. The first-order valence-electron chi connectivity index (χ1n) is 10.9. The van der Waals surface area contributed by atoms with Crippen LogP contribution in [-0.4, -0.2) is 39.2 Å². The zero-order valence-corrected chi connectivity index (χ0v) is 20.4. The minimum absolute atomic E-state index is 0.0502. The Balaban J connectivity index is 1.62. The summed E-state index contributed by atoms with van der Waals surface area (Å²) in [5.41, 5.74) is -4.84. The van der Waals surface area contributed by atoms with Crippen molar-refractivity contribution < 1.29 is 31.5 Å². The number of carbonyl (C=O) groups excluding carboxylic acids is 1. The van der Waals surface area contributed by atoms with E-state index in [1.165, 1.54) is 23.9 Å². The summed E-state index contributed by atoms with van der Waals surface area (Å²) in [6, 6.07) is 13.1. The number of halogens is 3. The van der Waals surface area contributed by atoms with Crippen LogP contribution in [0, 0.1) is 6.92 Å². The molecule has 0 atom stereocenters. The molecule has 2 aromatic carbocycles. The number of para-hydroxylation sites is 1. The Bertz CT molecular complexity index is 1650. The number of carbonyl (C=O) groups is 1. The Morgan fingerprint density at radius 2 is 1.68 bits per heavy atom. The van der Waals surface area contributed by atoms with Crippen molar-refractivity contribution in [3.63, 3.8) is 0 Å². The van der Waals surface area contributed by atoms with E-state index < -0.39 is 37.8 Å². The Labute approximate surface area is 213 Å². The van der Waals surface area contributed by atoms with Crippen molar-refractivity contribution in [1.29, 1.82) is 0 Å². The average Bonchev–Trinajstić information content (AvgIpc) is 3.08. The van der Waals surface area contributed by atoms with Crippen molar-refractivity contribution in [2.24, 2.45) is 0 Å². The molecule has 0 aliphatic heterocycles. The van der Waals surface area contributed by atoms with Gasteiger partial charge in [0.2, 0.25) is 5.88 Å². The van der Waals surface area contributed by atoms with Gasteiger partial charge in [0.1, 0.15) is 0 Å². The molecular formula is C24H20F3N5O5S. The van der Waals surface area contributed by atoms with Gasteiger partial charge in [-0.2, -0.15) is 13.2 Å². The molecule has 4 rings (SSSR count). The Hall–Kier alpha value is -4.59. The SMILES string of the molecule is Cc1c(O)n(-c2ccc(S(=O)(=O)C(F)(F)F)cc2)c(=O)n1Cc1ccncc1NC(=O)Nc1ccccc1. The number of alkyl halides is 3. The van der Waals surface area contributed by atoms with E-state index in [1.54, 1.807) is 36.4 Å². The van der Waals surface area contributed by atoms with Crippen molar-refractivity contribution >= 4 is 27.2 Å². The monoisotopic (exact) mass is 547 g/mol. The van der Waals surface area contributed by atoms with Crippen molar-refractivity contribution in [3.8, 4) is 11.6 Å². The van der Waals surface area contributed by atoms with Gasteiger partial charge in [-0.3, -0.25) is 9.55 Å². The molecule has 4 aromatic rings. The zero-order chi connectivity index (χ0) is 27.7. The first kappa shape index (κ1) is 26.5. The van der Waals surface area contributed by atoms with E-state index in [2.05, 4.69) is 15.6 Å². The highest BCUT2D eigenvalue weighted by molar-refractivity contribution is 7.92. The predicted octanol–water partition coefficient (Wildman–Crippen LogP) is 4.03. The van der Waals surface area contributed by atoms with Crippen LogP contribution < -0.4 is 16.3 Å². The van der Waals surface area contributed by atoms with Gasteiger partial charge in [-0.1, -0.05) is 18.2 Å². The molecular weight excluding hydrogens is 527 g/mol. The largest absolute Gasteiger partial charge is 0.501 e. The number of sulfone groups is 1. The van der Waals surface area contributed by atoms with Crippen molar-refractivity contribution in [1.82, 2.24) is 14.1 Å². The fourth-order valence-electron chi connectivity index (χ4n) is 3.61. The van der Waals surface area contributed by atoms with Gasteiger partial charge in [0.25, 0.3) is 9.84 Å². The third-order valence-electron chi connectivity index (χ3n) is 5.59. The number of anilines is 2. The number of benzene rings is 2. The second kappa shape index (κ2) is 10.0. The van der Waals surface area contributed by atoms with E-state index in [9.17, 15) is 36.3 Å². The molecule has 38 heavy (non-hydrogen) atoms. The fourth-order valence-corrected chi connectivity index (χ4v) is 4.38. The molecule has 0 saturated heterocycles. The van der Waals surface area contributed by atoms with Crippen LogP contribution in [0.3, 0.4) is 0 Å². The number of aromatic hydroxyl groups is 1. The Kier molecular flexibility index (Phi) is 7.00. The standard InChI is InChI=1S/C24H20F3N5O5S/c1-15-21(33)32(18-7-9-19(10-8-18)38(36,37)24(25,26)27)23(35)31(15)14-16-11-12-28-13-20(16)30-22(34)29-17-5-3-2-4-6-17/h2-13,33H,14H2,1H3,(H2,29,30,34). The molecule has 2 amide bonds. The second-order valence-electron chi connectivity index (χ2n) is 8.03. The summed E-state index contributed by atoms with van der Waals surface area (Å²) in [6.45, 7) is 1.35. The molecule has 0 radical (unpaired) electrons. The number of nitrogens with one attached hydrogen (secondary N) is 2. The zero-order valence-electron chi connectivity index (χ0n) is 19.6. The van der Waals surface area contributed by atoms with Crippen LogP contribution in [0.5, 0.6) is 5.88 Å². The molecule has 0 fully saturated rings. The molecule has 14 heteroatoms. The first-order chi connectivity index (χ1) is 17.9. The summed E-state index contributed by atoms with van der Waals surface area (Å²) in [4.78, 5) is 28.6. The van der Waals surface area contributed by atoms with E-state index in [1.807, 2.05) is 0 Å². The van der Waals surface area contributed by atoms with Gasteiger partial charge in [0, 0.05) is 11.9 Å². The van der Waals surface area contributed by atoms with Crippen LogP contribution in [0.1, 0.15) is 11.3 Å². The van der Waals surface area contributed by atoms with Gasteiger partial charge in [0.05, 0.1) is 34.7 Å². The number of hydrogen-bond acceptors (Lipinski definition) is 6. The van der Waals surface area contributed by atoms with Crippen LogP contribution >= 0.6 is 0 Å². The van der Waals surface area contributed by atoms with E-state index in [4.69, 9.17) is 0 Å². The van der Waals surface area contributed by atoms with E-state index in [0.717, 1.165) is 16.7 Å². The molecule has 3 N–H and O–H groups in total. The number of aromatic nitrogens is 3. The van der Waals surface area contributed by atoms with Gasteiger partial charge in [0.15, 0.2) is 0 Å². The van der Waals surface area contributed by atoms with Crippen LogP contribution in [-0.2, 0) is 16.4 Å². The lowest BCUT2D eigenvalue weighted by atomic mass is 10.2. The molecule has 2 aromatic heterocycles. The lowest BCUT2D eigenvalue weighted by Gasteiger charge is -2.12. The maximum Gasteiger partial charge on any atom is 0.501 e. The quantitative estimate of drug-likeness (QED) is 0.334. The highest BCUT2D eigenvalue weighted by Crippen LogP contribution is 2.31. The van der Waals surface area contributed by atoms with Crippen LogP contribution in [0.4, 0.5) is 29.3 Å². The summed E-state index contributed by atoms with van der Waals surface area (Å²) in [5.74, 6) is -0.494. The number of nitrogens with zero attached hydrogens (tertiary/aromatic N) is 3. The summed E-state index contributed by atoms with van der Waals surface area (Å²) >= 11 is 0. The topological polar surface area (TPSA) is 135 Å². The van der Waals surface area contributed by atoms with Gasteiger partial charge in [-0.05, 0) is 55.0 Å². The predicted molar refractivity (Wildman–Crippen MR) is 132 cm³/mol. The normalized spacial score (nSPS) is 11.8. The van der Waals surface area contributed by atoms with Gasteiger partial charge in [-0.15, -0.1) is 0 Å². The Morgan fingerprint density at radius 3 is 2.32 bits per heavy atom. The molecule has 198 valence electrons. The third-order valence-corrected chi connectivity index (χ3v) is 7.09. The highest BCUT2D eigenvalue weighted by atomic mass is 32.2. The minimum Gasteiger partial charge on any atom is -0.493 e. The van der Waals surface area contributed by atoms with Crippen molar-refractivity contribution in [2.45, 2.75) is 23.9 Å². The molecule has 10 nitrogen and oxygen atoms in total. The van der Waals surface area contributed by atoms with E-state index >= 15 is 0 Å². The summed E-state index contributed by atoms with van der Waals surface area (Å²) in [6.07, 6.45) is 2.84.